The maximum absolute atomic E-state index is 13.3. The van der Waals surface area contributed by atoms with E-state index in [2.05, 4.69) is 31.9 Å². The van der Waals surface area contributed by atoms with Crippen LogP contribution in [0.15, 0.2) is 33.2 Å². The summed E-state index contributed by atoms with van der Waals surface area (Å²) in [5.74, 6) is 0. The van der Waals surface area contributed by atoms with Crippen LogP contribution in [0, 0.1) is 0 Å². The van der Waals surface area contributed by atoms with Crippen LogP contribution in [0.25, 0.3) is 11.1 Å². The normalized spacial score (nSPS) is 11.8. The fraction of sp³-hybridized carbons (Fsp3) is 0.250. The molecule has 10 heteroatoms. The van der Waals surface area contributed by atoms with Crippen molar-refractivity contribution in [3.63, 3.8) is 0 Å². The second-order valence-corrected chi connectivity index (χ2v) is 6.54. The Morgan fingerprint density at radius 1 is 0.654 bits per heavy atom. The molecule has 2 aromatic carbocycles. The monoisotopic (exact) mass is 506 g/mol. The molecule has 2 nitrogen and oxygen atoms in total. The highest BCUT2D eigenvalue weighted by atomic mass is 79.9. The Balaban J connectivity index is 0.00000163. The molecule has 26 heavy (non-hydrogen) atoms. The summed E-state index contributed by atoms with van der Waals surface area (Å²) in [6.45, 7) is 4.00. The predicted molar refractivity (Wildman–Crippen MR) is 97.5 cm³/mol. The van der Waals surface area contributed by atoms with Gasteiger partial charge in [-0.05, 0) is 67.3 Å². The van der Waals surface area contributed by atoms with Crippen LogP contribution in [0.1, 0.15) is 25.0 Å². The topological polar surface area (TPSA) is 52.0 Å². The standard InChI is InChI=1S/C14H8Br2F6N2.C2H6/c15-9-1-5(7(3-11(9)23)13(17,18)19)6-2-10(16)12(24)4-8(6)14(20,21)22;1-2/h1-4H,23-24H2;1-2H3. The highest BCUT2D eigenvalue weighted by molar-refractivity contribution is 9.11. The van der Waals surface area contributed by atoms with E-state index in [1.54, 1.807) is 0 Å². The Morgan fingerprint density at radius 3 is 1.15 bits per heavy atom. The van der Waals surface area contributed by atoms with Crippen LogP contribution in [0.4, 0.5) is 37.7 Å². The molecule has 0 aliphatic rings. The maximum Gasteiger partial charge on any atom is 0.417 e. The van der Waals surface area contributed by atoms with Gasteiger partial charge in [0.05, 0.1) is 11.1 Å². The maximum atomic E-state index is 13.3. The molecule has 0 amide bonds. The van der Waals surface area contributed by atoms with Crippen LogP contribution in [0.5, 0.6) is 0 Å². The van der Waals surface area contributed by atoms with Gasteiger partial charge in [0, 0.05) is 20.3 Å². The van der Waals surface area contributed by atoms with Crippen molar-refractivity contribution in [2.45, 2.75) is 26.2 Å². The van der Waals surface area contributed by atoms with E-state index in [4.69, 9.17) is 11.5 Å². The minimum atomic E-state index is -4.89. The van der Waals surface area contributed by atoms with Gasteiger partial charge >= 0.3 is 12.4 Å². The van der Waals surface area contributed by atoms with Crippen LogP contribution >= 0.6 is 31.9 Å². The van der Waals surface area contributed by atoms with Crippen molar-refractivity contribution >= 4 is 43.2 Å². The molecule has 0 atom stereocenters. The molecule has 0 bridgehead atoms. The van der Waals surface area contributed by atoms with E-state index in [-0.39, 0.29) is 20.3 Å². The number of anilines is 2. The quantitative estimate of drug-likeness (QED) is 0.319. The van der Waals surface area contributed by atoms with Gasteiger partial charge in [0.1, 0.15) is 0 Å². The van der Waals surface area contributed by atoms with Crippen molar-refractivity contribution in [3.05, 3.63) is 44.3 Å². The first-order chi connectivity index (χ1) is 11.8. The third-order valence-corrected chi connectivity index (χ3v) is 4.55. The fourth-order valence-electron chi connectivity index (χ4n) is 2.09. The molecule has 0 heterocycles. The van der Waals surface area contributed by atoms with Crippen LogP contribution in [0.3, 0.4) is 0 Å². The van der Waals surface area contributed by atoms with Gasteiger partial charge in [0.25, 0.3) is 0 Å². The number of nitrogens with two attached hydrogens (primary N) is 2. The lowest BCUT2D eigenvalue weighted by Gasteiger charge is -2.19. The van der Waals surface area contributed by atoms with E-state index >= 15 is 0 Å². The molecule has 0 aromatic heterocycles. The van der Waals surface area contributed by atoms with E-state index in [0.717, 1.165) is 12.1 Å². The third kappa shape index (κ3) is 4.85. The second-order valence-electron chi connectivity index (χ2n) is 4.83. The second kappa shape index (κ2) is 8.08. The van der Waals surface area contributed by atoms with Crippen LogP contribution in [0.2, 0.25) is 0 Å². The number of nitrogen functional groups attached to an aromatic ring is 2. The molecule has 144 valence electrons. The van der Waals surface area contributed by atoms with Gasteiger partial charge in [-0.2, -0.15) is 26.3 Å². The summed E-state index contributed by atoms with van der Waals surface area (Å²) in [4.78, 5) is 0. The van der Waals surface area contributed by atoms with Gasteiger partial charge in [0.15, 0.2) is 0 Å². The molecule has 2 rings (SSSR count). The summed E-state index contributed by atoms with van der Waals surface area (Å²) in [5, 5.41) is 0. The molecule has 2 aromatic rings. The zero-order valence-electron chi connectivity index (χ0n) is 13.5. The summed E-state index contributed by atoms with van der Waals surface area (Å²) in [5.41, 5.74) is 6.55. The summed E-state index contributed by atoms with van der Waals surface area (Å²) < 4.78 is 79.7. The van der Waals surface area contributed by atoms with Crippen molar-refractivity contribution in [3.8, 4) is 11.1 Å². The van der Waals surface area contributed by atoms with Gasteiger partial charge in [0.2, 0.25) is 0 Å². The number of alkyl halides is 6. The smallest absolute Gasteiger partial charge is 0.398 e. The Morgan fingerprint density at radius 2 is 0.923 bits per heavy atom. The molecule has 0 saturated carbocycles. The lowest BCUT2D eigenvalue weighted by molar-refractivity contribution is -0.139. The molecular formula is C16H14Br2F6N2. The first-order valence-corrected chi connectivity index (χ1v) is 8.73. The lowest BCUT2D eigenvalue weighted by atomic mass is 9.94. The molecule has 0 aliphatic heterocycles. The number of halogens is 8. The van der Waals surface area contributed by atoms with Gasteiger partial charge in [-0.15, -0.1) is 0 Å². The van der Waals surface area contributed by atoms with Crippen molar-refractivity contribution in [1.82, 2.24) is 0 Å². The number of hydrogen-bond donors (Lipinski definition) is 2. The summed E-state index contributed by atoms with van der Waals surface area (Å²) >= 11 is 5.88. The van der Waals surface area contributed by atoms with E-state index in [1.165, 1.54) is 0 Å². The first kappa shape index (κ1) is 22.6. The largest absolute Gasteiger partial charge is 0.417 e. The molecule has 0 fully saturated rings. The van der Waals surface area contributed by atoms with E-state index in [9.17, 15) is 26.3 Å². The zero-order chi connectivity index (χ0) is 20.4. The fourth-order valence-corrected chi connectivity index (χ4v) is 2.78. The highest BCUT2D eigenvalue weighted by Gasteiger charge is 2.39. The summed E-state index contributed by atoms with van der Waals surface area (Å²) in [6, 6.07) is 2.99. The van der Waals surface area contributed by atoms with E-state index in [1.807, 2.05) is 13.8 Å². The van der Waals surface area contributed by atoms with Crippen LogP contribution < -0.4 is 11.5 Å². The SMILES string of the molecule is CC.Nc1cc(C(F)(F)F)c(-c2cc(Br)c(N)cc2C(F)(F)F)cc1Br. The van der Waals surface area contributed by atoms with Gasteiger partial charge < -0.3 is 11.5 Å². The minimum absolute atomic E-state index is 0.0478. The molecule has 0 spiro atoms. The minimum Gasteiger partial charge on any atom is -0.398 e. The van der Waals surface area contributed by atoms with Gasteiger partial charge in [-0.3, -0.25) is 0 Å². The average Bonchev–Trinajstić information content (AvgIpc) is 2.51. The molecule has 0 radical (unpaired) electrons. The van der Waals surface area contributed by atoms with Crippen molar-refractivity contribution in [2.24, 2.45) is 0 Å². The summed E-state index contributed by atoms with van der Waals surface area (Å²) in [6.07, 6.45) is -9.78. The lowest BCUT2D eigenvalue weighted by Crippen LogP contribution is -2.12. The highest BCUT2D eigenvalue weighted by Crippen LogP contribution is 2.46. The van der Waals surface area contributed by atoms with Gasteiger partial charge in [-0.1, -0.05) is 13.8 Å². The summed E-state index contributed by atoms with van der Waals surface area (Å²) in [7, 11) is 0. The Bertz CT molecular complexity index is 733. The van der Waals surface area contributed by atoms with Crippen molar-refractivity contribution < 1.29 is 26.3 Å². The predicted octanol–water partition coefficient (Wildman–Crippen LogP) is 7.11. The number of rotatable bonds is 1. The van der Waals surface area contributed by atoms with E-state index in [0.29, 0.717) is 12.1 Å². The number of benzene rings is 2. The molecule has 0 aliphatic carbocycles. The number of hydrogen-bond acceptors (Lipinski definition) is 2. The van der Waals surface area contributed by atoms with Crippen LogP contribution in [-0.4, -0.2) is 0 Å². The Kier molecular flexibility index (Phi) is 7.03. The van der Waals surface area contributed by atoms with Gasteiger partial charge in [-0.25, -0.2) is 0 Å². The van der Waals surface area contributed by atoms with Crippen molar-refractivity contribution in [1.29, 1.82) is 0 Å². The van der Waals surface area contributed by atoms with E-state index < -0.39 is 34.6 Å². The Labute approximate surface area is 162 Å². The first-order valence-electron chi connectivity index (χ1n) is 7.15. The van der Waals surface area contributed by atoms with Crippen molar-refractivity contribution in [2.75, 3.05) is 11.5 Å². The molecule has 0 saturated heterocycles. The van der Waals surface area contributed by atoms with Crippen LogP contribution in [-0.2, 0) is 12.4 Å². The molecule has 0 unspecified atom stereocenters. The Hall–Kier alpha value is -1.42. The molecule has 4 N–H and O–H groups in total. The average molecular weight is 508 g/mol. The zero-order valence-corrected chi connectivity index (χ0v) is 16.7. The molecular weight excluding hydrogens is 494 g/mol. The third-order valence-electron chi connectivity index (χ3n) is 3.17.